The third-order valence-electron chi connectivity index (χ3n) is 6.93. The van der Waals surface area contributed by atoms with Gasteiger partial charge in [-0.05, 0) is 66.6 Å². The zero-order valence-electron chi connectivity index (χ0n) is 22.9. The zero-order chi connectivity index (χ0) is 29.4. The summed E-state index contributed by atoms with van der Waals surface area (Å²) >= 11 is 7.57. The Morgan fingerprint density at radius 2 is 1.88 bits per heavy atom. The number of ether oxygens (including phenoxy) is 5. The van der Waals surface area contributed by atoms with E-state index < -0.39 is 12.0 Å². The lowest BCUT2D eigenvalue weighted by molar-refractivity contribution is -0.136. The molecule has 4 aromatic rings. The maximum atomic E-state index is 13.8. The number of esters is 1. The van der Waals surface area contributed by atoms with E-state index >= 15 is 0 Å². The number of halogens is 1. The molecule has 42 heavy (non-hydrogen) atoms. The van der Waals surface area contributed by atoms with Crippen molar-refractivity contribution in [2.75, 3.05) is 21.0 Å². The Morgan fingerprint density at radius 1 is 1.10 bits per heavy atom. The van der Waals surface area contributed by atoms with Crippen LogP contribution in [0.5, 0.6) is 23.0 Å². The molecule has 6 rings (SSSR count). The Bertz CT molecular complexity index is 1910. The maximum Gasteiger partial charge on any atom is 0.338 e. The highest BCUT2D eigenvalue weighted by Crippen LogP contribution is 2.37. The smallest absolute Gasteiger partial charge is 0.338 e. The van der Waals surface area contributed by atoms with Crippen LogP contribution in [0.15, 0.2) is 81.7 Å². The average molecular weight is 605 g/mol. The van der Waals surface area contributed by atoms with Crippen molar-refractivity contribution in [3.8, 4) is 23.0 Å². The molecule has 0 saturated heterocycles. The van der Waals surface area contributed by atoms with Crippen LogP contribution in [-0.4, -0.2) is 31.5 Å². The molecule has 11 heteroatoms. The van der Waals surface area contributed by atoms with Crippen molar-refractivity contribution in [2.24, 2.45) is 4.99 Å². The lowest BCUT2D eigenvalue weighted by Crippen LogP contribution is -2.40. The highest BCUT2D eigenvalue weighted by Gasteiger charge is 2.35. The summed E-state index contributed by atoms with van der Waals surface area (Å²) in [4.78, 5) is 31.8. The molecule has 0 spiro atoms. The Kier molecular flexibility index (Phi) is 7.49. The molecule has 3 heterocycles. The van der Waals surface area contributed by atoms with Gasteiger partial charge in [0.1, 0.15) is 24.1 Å². The SMILES string of the molecule is COC(=O)C1=C(C)N=c2s/c(=C\c3ccc(OCc4ccc5c(c4)OCO5)cc3)c(=O)n2[C@@H]1c1cc(Cl)ccc1OC. The summed E-state index contributed by atoms with van der Waals surface area (Å²) in [5.74, 6) is 2.00. The Morgan fingerprint density at radius 3 is 2.64 bits per heavy atom. The molecule has 214 valence electrons. The third-order valence-corrected chi connectivity index (χ3v) is 8.15. The molecule has 1 aromatic heterocycles. The first kappa shape index (κ1) is 27.6. The molecule has 2 aliphatic rings. The largest absolute Gasteiger partial charge is 0.496 e. The number of allylic oxidation sites excluding steroid dienone is 1. The molecule has 0 aliphatic carbocycles. The fourth-order valence-corrected chi connectivity index (χ4v) is 6.14. The number of carbonyl (C=O) groups is 1. The van der Waals surface area contributed by atoms with Crippen LogP contribution < -0.4 is 33.8 Å². The number of methoxy groups -OCH3 is 2. The molecule has 0 amide bonds. The van der Waals surface area contributed by atoms with E-state index in [0.717, 1.165) is 16.9 Å². The van der Waals surface area contributed by atoms with E-state index in [4.69, 9.17) is 35.3 Å². The number of hydrogen-bond acceptors (Lipinski definition) is 9. The van der Waals surface area contributed by atoms with Gasteiger partial charge in [0, 0.05) is 10.6 Å². The van der Waals surface area contributed by atoms with E-state index in [9.17, 15) is 9.59 Å². The molecule has 9 nitrogen and oxygen atoms in total. The van der Waals surface area contributed by atoms with E-state index in [0.29, 0.717) is 49.5 Å². The van der Waals surface area contributed by atoms with Crippen LogP contribution in [0.25, 0.3) is 6.08 Å². The molecule has 0 saturated carbocycles. The van der Waals surface area contributed by atoms with Crippen LogP contribution in [0, 0.1) is 0 Å². The highest BCUT2D eigenvalue weighted by atomic mass is 35.5. The minimum Gasteiger partial charge on any atom is -0.496 e. The van der Waals surface area contributed by atoms with Gasteiger partial charge in [0.25, 0.3) is 5.56 Å². The van der Waals surface area contributed by atoms with Crippen molar-refractivity contribution in [1.29, 1.82) is 0 Å². The molecule has 0 bridgehead atoms. The van der Waals surface area contributed by atoms with Crippen molar-refractivity contribution in [2.45, 2.75) is 19.6 Å². The van der Waals surface area contributed by atoms with Gasteiger partial charge in [-0.15, -0.1) is 0 Å². The van der Waals surface area contributed by atoms with Crippen LogP contribution >= 0.6 is 22.9 Å². The summed E-state index contributed by atoms with van der Waals surface area (Å²) < 4.78 is 29.3. The minimum absolute atomic E-state index is 0.223. The van der Waals surface area contributed by atoms with Crippen molar-refractivity contribution < 1.29 is 28.5 Å². The summed E-state index contributed by atoms with van der Waals surface area (Å²) in [6.45, 7) is 2.31. The molecule has 1 atom stereocenters. The van der Waals surface area contributed by atoms with Crippen LogP contribution in [0.4, 0.5) is 0 Å². The van der Waals surface area contributed by atoms with Gasteiger partial charge in [-0.1, -0.05) is 41.1 Å². The highest BCUT2D eigenvalue weighted by molar-refractivity contribution is 7.07. The van der Waals surface area contributed by atoms with Gasteiger partial charge in [-0.3, -0.25) is 9.36 Å². The first-order valence-corrected chi connectivity index (χ1v) is 14.1. The summed E-state index contributed by atoms with van der Waals surface area (Å²) in [7, 11) is 2.82. The number of aromatic nitrogens is 1. The molecule has 0 radical (unpaired) electrons. The number of rotatable bonds is 7. The summed E-state index contributed by atoms with van der Waals surface area (Å²) in [6.07, 6.45) is 1.79. The van der Waals surface area contributed by atoms with E-state index in [-0.39, 0.29) is 17.9 Å². The van der Waals surface area contributed by atoms with Gasteiger partial charge in [0.2, 0.25) is 6.79 Å². The maximum absolute atomic E-state index is 13.8. The number of fused-ring (bicyclic) bond motifs is 2. The van der Waals surface area contributed by atoms with Crippen LogP contribution in [0.1, 0.15) is 29.7 Å². The fraction of sp³-hybridized carbons (Fsp3) is 0.194. The van der Waals surface area contributed by atoms with Crippen LogP contribution in [-0.2, 0) is 16.1 Å². The van der Waals surface area contributed by atoms with E-state index in [1.54, 1.807) is 31.2 Å². The zero-order valence-corrected chi connectivity index (χ0v) is 24.5. The topological polar surface area (TPSA) is 97.6 Å². The van der Waals surface area contributed by atoms with E-state index in [1.165, 1.54) is 30.1 Å². The van der Waals surface area contributed by atoms with Crippen molar-refractivity contribution >= 4 is 35.0 Å². The van der Waals surface area contributed by atoms with Gasteiger partial charge >= 0.3 is 5.97 Å². The van der Waals surface area contributed by atoms with Crippen molar-refractivity contribution in [3.05, 3.63) is 113 Å². The number of carbonyl (C=O) groups excluding carboxylic acids is 1. The number of benzene rings is 3. The second-order valence-electron chi connectivity index (χ2n) is 9.50. The number of hydrogen-bond donors (Lipinski definition) is 0. The van der Waals surface area contributed by atoms with Crippen molar-refractivity contribution in [1.82, 2.24) is 4.57 Å². The number of thiazole rings is 1. The first-order valence-electron chi connectivity index (χ1n) is 12.9. The average Bonchev–Trinajstić information content (AvgIpc) is 3.59. The molecule has 2 aliphatic heterocycles. The van der Waals surface area contributed by atoms with Gasteiger partial charge < -0.3 is 23.7 Å². The monoisotopic (exact) mass is 604 g/mol. The summed E-state index contributed by atoms with van der Waals surface area (Å²) in [6, 6.07) is 17.4. The standard InChI is InChI=1S/C31H25ClN2O7S/c1-17-27(30(36)38-3)28(22-14-20(32)7-11-23(22)37-2)34-29(35)26(42-31(34)33-17)13-18-4-8-21(9-5-18)39-15-19-6-10-24-25(12-19)41-16-40-24/h4-14,28H,15-16H2,1-3H3/b26-13-/t28-/m1/s1. The van der Waals surface area contributed by atoms with Gasteiger partial charge in [-0.25, -0.2) is 9.79 Å². The van der Waals surface area contributed by atoms with Gasteiger partial charge in [0.05, 0.1) is 30.0 Å². The molecule has 0 unspecified atom stereocenters. The summed E-state index contributed by atoms with van der Waals surface area (Å²) in [5, 5.41) is 0.438. The summed E-state index contributed by atoms with van der Waals surface area (Å²) in [5.41, 5.74) is 2.69. The van der Waals surface area contributed by atoms with E-state index in [2.05, 4.69) is 4.99 Å². The van der Waals surface area contributed by atoms with Gasteiger partial charge in [0.15, 0.2) is 16.3 Å². The molecule has 0 fully saturated rings. The van der Waals surface area contributed by atoms with Crippen LogP contribution in [0.2, 0.25) is 5.02 Å². The third kappa shape index (κ3) is 5.15. The predicted octanol–water partition coefficient (Wildman–Crippen LogP) is 4.38. The second-order valence-corrected chi connectivity index (χ2v) is 11.0. The van der Waals surface area contributed by atoms with E-state index in [1.807, 2.05) is 42.5 Å². The second kappa shape index (κ2) is 11.4. The Labute approximate surface area is 249 Å². The lowest BCUT2D eigenvalue weighted by atomic mass is 9.95. The molecular weight excluding hydrogens is 580 g/mol. The minimum atomic E-state index is -0.837. The number of nitrogens with zero attached hydrogens (tertiary/aromatic N) is 2. The van der Waals surface area contributed by atoms with Crippen LogP contribution in [0.3, 0.4) is 0 Å². The quantitative estimate of drug-likeness (QED) is 0.289. The fourth-order valence-electron chi connectivity index (χ4n) is 4.91. The van der Waals surface area contributed by atoms with Crippen molar-refractivity contribution in [3.63, 3.8) is 0 Å². The molecule has 0 N–H and O–H groups in total. The Hall–Kier alpha value is -4.54. The first-order chi connectivity index (χ1) is 20.4. The molecule has 3 aromatic carbocycles. The lowest BCUT2D eigenvalue weighted by Gasteiger charge is -2.25. The molecular formula is C31H25ClN2O7S. The predicted molar refractivity (Wildman–Crippen MR) is 157 cm³/mol. The van der Waals surface area contributed by atoms with Gasteiger partial charge in [-0.2, -0.15) is 0 Å². The Balaban J connectivity index is 1.33. The normalized spacial score (nSPS) is 15.7.